The number of ether oxygens (including phenoxy) is 3. The molecule has 2 aromatic carbocycles. The van der Waals surface area contributed by atoms with E-state index in [-0.39, 0.29) is 18.0 Å². The minimum absolute atomic E-state index is 0.129. The van der Waals surface area contributed by atoms with Crippen molar-refractivity contribution in [3.05, 3.63) is 59.2 Å². The van der Waals surface area contributed by atoms with Gasteiger partial charge < -0.3 is 24.4 Å². The molecule has 1 N–H and O–H groups in total. The Bertz CT molecular complexity index is 955. The fourth-order valence-electron chi connectivity index (χ4n) is 4.26. The summed E-state index contributed by atoms with van der Waals surface area (Å²) in [6, 6.07) is 13.2. The van der Waals surface area contributed by atoms with E-state index in [2.05, 4.69) is 10.2 Å². The third kappa shape index (κ3) is 6.71. The highest BCUT2D eigenvalue weighted by Gasteiger charge is 2.28. The Morgan fingerprint density at radius 2 is 1.76 bits per heavy atom. The summed E-state index contributed by atoms with van der Waals surface area (Å²) in [7, 11) is 4.63. The first-order chi connectivity index (χ1) is 16.4. The largest absolute Gasteiger partial charge is 0.495 e. The van der Waals surface area contributed by atoms with E-state index in [9.17, 15) is 9.59 Å². The lowest BCUT2D eigenvalue weighted by atomic mass is 10.0. The highest BCUT2D eigenvalue weighted by Crippen LogP contribution is 2.27. The quantitative estimate of drug-likeness (QED) is 0.561. The predicted molar refractivity (Wildman–Crippen MR) is 131 cm³/mol. The summed E-state index contributed by atoms with van der Waals surface area (Å²) in [5, 5.41) is 3.03. The third-order valence-corrected chi connectivity index (χ3v) is 6.17. The SMILES string of the molecule is COCCN(C(=O)Nc1cc(C)ccc1OC)C1CCN(Cc2ccc(C(=O)OC)cc2)CC1. The van der Waals surface area contributed by atoms with Gasteiger partial charge in [0.1, 0.15) is 5.75 Å². The average molecular weight is 470 g/mol. The van der Waals surface area contributed by atoms with Crippen molar-refractivity contribution in [2.45, 2.75) is 32.4 Å². The van der Waals surface area contributed by atoms with Crippen LogP contribution in [0.25, 0.3) is 0 Å². The van der Waals surface area contributed by atoms with Crippen LogP contribution in [0.3, 0.4) is 0 Å². The van der Waals surface area contributed by atoms with Crippen LogP contribution in [0, 0.1) is 6.92 Å². The molecule has 0 aromatic heterocycles. The minimum atomic E-state index is -0.329. The van der Waals surface area contributed by atoms with Crippen LogP contribution in [0.2, 0.25) is 0 Å². The van der Waals surface area contributed by atoms with Crippen LogP contribution in [0.5, 0.6) is 5.75 Å². The molecule has 0 saturated carbocycles. The first kappa shape index (κ1) is 25.5. The Balaban J connectivity index is 1.60. The van der Waals surface area contributed by atoms with Crippen molar-refractivity contribution in [3.8, 4) is 5.75 Å². The van der Waals surface area contributed by atoms with Gasteiger partial charge in [-0.3, -0.25) is 4.90 Å². The molecule has 1 saturated heterocycles. The number of amides is 2. The number of rotatable bonds is 9. The van der Waals surface area contributed by atoms with Gasteiger partial charge in [0.2, 0.25) is 0 Å². The summed E-state index contributed by atoms with van der Waals surface area (Å²) in [6.07, 6.45) is 1.75. The molecule has 0 radical (unpaired) electrons. The van der Waals surface area contributed by atoms with Crippen LogP contribution in [-0.4, -0.2) is 75.4 Å². The third-order valence-electron chi connectivity index (χ3n) is 6.17. The van der Waals surface area contributed by atoms with Gasteiger partial charge in [0.15, 0.2) is 0 Å². The van der Waals surface area contributed by atoms with Gasteiger partial charge in [0, 0.05) is 39.3 Å². The van der Waals surface area contributed by atoms with Crippen molar-refractivity contribution in [1.29, 1.82) is 0 Å². The number of methoxy groups -OCH3 is 3. The predicted octanol–water partition coefficient (Wildman–Crippen LogP) is 3.94. The number of carbonyl (C=O) groups is 2. The zero-order valence-corrected chi connectivity index (χ0v) is 20.5. The van der Waals surface area contributed by atoms with Crippen molar-refractivity contribution in [2.24, 2.45) is 0 Å². The van der Waals surface area contributed by atoms with Crippen LogP contribution in [0.1, 0.15) is 34.3 Å². The van der Waals surface area contributed by atoms with Crippen molar-refractivity contribution in [1.82, 2.24) is 9.80 Å². The zero-order valence-electron chi connectivity index (χ0n) is 20.5. The molecule has 3 rings (SSSR count). The summed E-state index contributed by atoms with van der Waals surface area (Å²) in [5.74, 6) is 0.309. The number of hydrogen-bond acceptors (Lipinski definition) is 6. The van der Waals surface area contributed by atoms with Crippen molar-refractivity contribution in [2.75, 3.05) is 52.9 Å². The molecule has 8 nitrogen and oxygen atoms in total. The highest BCUT2D eigenvalue weighted by atomic mass is 16.5. The number of hydrogen-bond donors (Lipinski definition) is 1. The number of nitrogens with one attached hydrogen (secondary N) is 1. The van der Waals surface area contributed by atoms with E-state index in [0.29, 0.717) is 30.2 Å². The Morgan fingerprint density at radius 1 is 1.06 bits per heavy atom. The summed E-state index contributed by atoms with van der Waals surface area (Å²) >= 11 is 0. The van der Waals surface area contributed by atoms with Gasteiger partial charge in [-0.15, -0.1) is 0 Å². The van der Waals surface area contributed by atoms with E-state index in [1.165, 1.54) is 7.11 Å². The number of carbonyl (C=O) groups excluding carboxylic acids is 2. The molecule has 8 heteroatoms. The maximum Gasteiger partial charge on any atom is 0.337 e. The van der Waals surface area contributed by atoms with Crippen molar-refractivity contribution >= 4 is 17.7 Å². The molecule has 1 fully saturated rings. The number of esters is 1. The second-order valence-electron chi connectivity index (χ2n) is 8.52. The maximum absolute atomic E-state index is 13.2. The second kappa shape index (κ2) is 12.4. The number of aryl methyl sites for hydroxylation is 1. The number of benzene rings is 2. The number of nitrogens with zero attached hydrogens (tertiary/aromatic N) is 2. The molecule has 1 heterocycles. The Kier molecular flexibility index (Phi) is 9.30. The molecular formula is C26H35N3O5. The number of anilines is 1. The van der Waals surface area contributed by atoms with Crippen LogP contribution < -0.4 is 10.1 Å². The Morgan fingerprint density at radius 3 is 2.38 bits per heavy atom. The monoisotopic (exact) mass is 469 g/mol. The van der Waals surface area contributed by atoms with Gasteiger partial charge in [-0.1, -0.05) is 18.2 Å². The minimum Gasteiger partial charge on any atom is -0.495 e. The molecule has 2 amide bonds. The average Bonchev–Trinajstić information content (AvgIpc) is 2.85. The van der Waals surface area contributed by atoms with Gasteiger partial charge in [-0.2, -0.15) is 0 Å². The highest BCUT2D eigenvalue weighted by molar-refractivity contribution is 5.91. The van der Waals surface area contributed by atoms with E-state index in [0.717, 1.165) is 43.6 Å². The fraction of sp³-hybridized carbons (Fsp3) is 0.462. The van der Waals surface area contributed by atoms with Crippen LogP contribution >= 0.6 is 0 Å². The first-order valence-electron chi connectivity index (χ1n) is 11.6. The van der Waals surface area contributed by atoms with E-state index in [4.69, 9.17) is 14.2 Å². The molecule has 0 atom stereocenters. The summed E-state index contributed by atoms with van der Waals surface area (Å²) in [5.41, 5.74) is 3.41. The fourth-order valence-corrected chi connectivity index (χ4v) is 4.26. The summed E-state index contributed by atoms with van der Waals surface area (Å²) in [4.78, 5) is 29.1. The van der Waals surface area contributed by atoms with Gasteiger partial charge in [0.25, 0.3) is 0 Å². The molecule has 0 aliphatic carbocycles. The van der Waals surface area contributed by atoms with Crippen molar-refractivity contribution in [3.63, 3.8) is 0 Å². The van der Waals surface area contributed by atoms with Crippen LogP contribution in [-0.2, 0) is 16.0 Å². The molecule has 0 bridgehead atoms. The van der Waals surface area contributed by atoms with Gasteiger partial charge in [-0.05, 0) is 55.2 Å². The lowest BCUT2D eigenvalue weighted by molar-refractivity contribution is 0.0600. The zero-order chi connectivity index (χ0) is 24.5. The van der Waals surface area contributed by atoms with Gasteiger partial charge in [-0.25, -0.2) is 9.59 Å². The topological polar surface area (TPSA) is 80.3 Å². The summed E-state index contributed by atoms with van der Waals surface area (Å²) in [6.45, 7) is 5.55. The second-order valence-corrected chi connectivity index (χ2v) is 8.52. The molecule has 2 aromatic rings. The molecule has 0 spiro atoms. The van der Waals surface area contributed by atoms with Gasteiger partial charge in [0.05, 0.1) is 32.1 Å². The normalized spacial score (nSPS) is 14.5. The molecule has 1 aliphatic rings. The molecule has 34 heavy (non-hydrogen) atoms. The van der Waals surface area contributed by atoms with Crippen LogP contribution in [0.4, 0.5) is 10.5 Å². The number of urea groups is 1. The lowest BCUT2D eigenvalue weighted by Crippen LogP contribution is -2.49. The van der Waals surface area contributed by atoms with Crippen LogP contribution in [0.15, 0.2) is 42.5 Å². The number of likely N-dealkylation sites (tertiary alicyclic amines) is 1. The lowest BCUT2D eigenvalue weighted by Gasteiger charge is -2.38. The van der Waals surface area contributed by atoms with Gasteiger partial charge >= 0.3 is 12.0 Å². The van der Waals surface area contributed by atoms with E-state index >= 15 is 0 Å². The maximum atomic E-state index is 13.2. The molecular weight excluding hydrogens is 434 g/mol. The Hall–Kier alpha value is -3.10. The van der Waals surface area contributed by atoms with E-state index in [1.807, 2.05) is 42.2 Å². The molecule has 184 valence electrons. The molecule has 0 unspecified atom stereocenters. The van der Waals surface area contributed by atoms with E-state index in [1.54, 1.807) is 26.4 Å². The van der Waals surface area contributed by atoms with Crippen molar-refractivity contribution < 1.29 is 23.8 Å². The smallest absolute Gasteiger partial charge is 0.337 e. The first-order valence-corrected chi connectivity index (χ1v) is 11.6. The van der Waals surface area contributed by atoms with E-state index < -0.39 is 0 Å². The Labute approximate surface area is 201 Å². The summed E-state index contributed by atoms with van der Waals surface area (Å²) < 4.78 is 15.4. The number of piperidine rings is 1. The molecule has 1 aliphatic heterocycles. The standard InChI is InChI=1S/C26H35N3O5/c1-19-5-10-24(33-3)23(17-19)27-26(31)29(15-16-32-2)22-11-13-28(14-12-22)18-20-6-8-21(9-7-20)25(30)34-4/h5-10,17,22H,11-16,18H2,1-4H3,(H,27,31).